The van der Waals surface area contributed by atoms with Gasteiger partial charge >= 0.3 is 0 Å². The molecule has 1 aliphatic heterocycles. The summed E-state index contributed by atoms with van der Waals surface area (Å²) in [6, 6.07) is 6.99. The van der Waals surface area contributed by atoms with Crippen molar-refractivity contribution in [3.8, 4) is 5.75 Å². The molecule has 5 nitrogen and oxygen atoms in total. The maximum atomic E-state index is 9.65. The average Bonchev–Trinajstić information content (AvgIpc) is 2.33. The van der Waals surface area contributed by atoms with E-state index in [1.807, 2.05) is 0 Å². The monoisotopic (exact) mass is 304 g/mol. The fourth-order valence-electron chi connectivity index (χ4n) is 1.53. The van der Waals surface area contributed by atoms with Crippen molar-refractivity contribution in [1.82, 2.24) is 0 Å². The first-order valence-corrected chi connectivity index (χ1v) is 5.95. The van der Waals surface area contributed by atoms with Crippen LogP contribution in [0, 0.1) is 0 Å². The SMILES string of the molecule is O[C@@H]1[C@H](Oc2ccc(Br)cc2)OC[C@H](O)[C@H]1O. The van der Waals surface area contributed by atoms with Crippen LogP contribution in [0.1, 0.15) is 0 Å². The molecule has 0 aromatic heterocycles. The third-order valence-electron chi connectivity index (χ3n) is 2.52. The first-order chi connectivity index (χ1) is 8.08. The summed E-state index contributed by atoms with van der Waals surface area (Å²) >= 11 is 3.29. The summed E-state index contributed by atoms with van der Waals surface area (Å²) in [6.07, 6.45) is -4.60. The van der Waals surface area contributed by atoms with Crippen LogP contribution in [0.3, 0.4) is 0 Å². The van der Waals surface area contributed by atoms with Gasteiger partial charge in [0.05, 0.1) is 6.61 Å². The third-order valence-corrected chi connectivity index (χ3v) is 3.05. The van der Waals surface area contributed by atoms with E-state index in [4.69, 9.17) is 9.47 Å². The van der Waals surface area contributed by atoms with Crippen molar-refractivity contribution in [2.24, 2.45) is 0 Å². The van der Waals surface area contributed by atoms with E-state index in [0.29, 0.717) is 5.75 Å². The van der Waals surface area contributed by atoms with Crippen molar-refractivity contribution in [2.75, 3.05) is 6.61 Å². The topological polar surface area (TPSA) is 79.2 Å². The van der Waals surface area contributed by atoms with Gasteiger partial charge < -0.3 is 24.8 Å². The summed E-state index contributed by atoms with van der Waals surface area (Å²) in [5, 5.41) is 28.4. The van der Waals surface area contributed by atoms with E-state index in [0.717, 1.165) is 4.47 Å². The zero-order chi connectivity index (χ0) is 12.4. The Balaban J connectivity index is 2.01. The summed E-state index contributed by atoms with van der Waals surface area (Å²) in [6.45, 7) is -0.0700. The molecule has 1 aromatic carbocycles. The van der Waals surface area contributed by atoms with E-state index in [1.54, 1.807) is 24.3 Å². The standard InChI is InChI=1S/C11H13BrO5/c12-6-1-3-7(4-2-6)17-11-10(15)9(14)8(13)5-16-11/h1-4,8-11,13-15H,5H2/t8-,9+,10-,11-/m0/s1. The zero-order valence-electron chi connectivity index (χ0n) is 8.86. The highest BCUT2D eigenvalue weighted by Gasteiger charge is 2.38. The van der Waals surface area contributed by atoms with E-state index in [-0.39, 0.29) is 6.61 Å². The minimum Gasteiger partial charge on any atom is -0.462 e. The fourth-order valence-corrected chi connectivity index (χ4v) is 1.79. The molecule has 1 fully saturated rings. The van der Waals surface area contributed by atoms with Gasteiger partial charge in [-0.05, 0) is 24.3 Å². The maximum Gasteiger partial charge on any atom is 0.228 e. The van der Waals surface area contributed by atoms with Crippen molar-refractivity contribution in [1.29, 1.82) is 0 Å². The van der Waals surface area contributed by atoms with Crippen LogP contribution in [0.25, 0.3) is 0 Å². The number of aliphatic hydroxyl groups is 3. The lowest BCUT2D eigenvalue weighted by Crippen LogP contribution is -2.54. The van der Waals surface area contributed by atoms with Gasteiger partial charge in [0.25, 0.3) is 0 Å². The second-order valence-electron chi connectivity index (χ2n) is 3.82. The molecular weight excluding hydrogens is 292 g/mol. The van der Waals surface area contributed by atoms with Crippen molar-refractivity contribution in [3.63, 3.8) is 0 Å². The molecule has 17 heavy (non-hydrogen) atoms. The van der Waals surface area contributed by atoms with Crippen LogP contribution in [0.5, 0.6) is 5.75 Å². The lowest BCUT2D eigenvalue weighted by Gasteiger charge is -2.34. The molecule has 0 bridgehead atoms. The second-order valence-corrected chi connectivity index (χ2v) is 4.74. The zero-order valence-corrected chi connectivity index (χ0v) is 10.4. The molecule has 4 atom stereocenters. The van der Waals surface area contributed by atoms with Gasteiger partial charge in [-0.3, -0.25) is 0 Å². The highest BCUT2D eigenvalue weighted by atomic mass is 79.9. The molecule has 0 saturated carbocycles. The minimum absolute atomic E-state index is 0.0700. The predicted octanol–water partition coefficient (Wildman–Crippen LogP) is 0.267. The Morgan fingerprint density at radius 3 is 2.41 bits per heavy atom. The summed E-state index contributed by atoms with van der Waals surface area (Å²) < 4.78 is 11.4. The summed E-state index contributed by atoms with van der Waals surface area (Å²) in [5.74, 6) is 0.515. The molecule has 0 amide bonds. The largest absolute Gasteiger partial charge is 0.462 e. The van der Waals surface area contributed by atoms with Crippen molar-refractivity contribution in [2.45, 2.75) is 24.6 Å². The van der Waals surface area contributed by atoms with Crippen molar-refractivity contribution >= 4 is 15.9 Å². The Morgan fingerprint density at radius 1 is 1.12 bits per heavy atom. The van der Waals surface area contributed by atoms with Crippen LogP contribution >= 0.6 is 15.9 Å². The molecule has 2 rings (SSSR count). The van der Waals surface area contributed by atoms with Crippen LogP contribution in [0.4, 0.5) is 0 Å². The number of hydrogen-bond donors (Lipinski definition) is 3. The van der Waals surface area contributed by atoms with Gasteiger partial charge in [-0.25, -0.2) is 0 Å². The minimum atomic E-state index is -1.28. The van der Waals surface area contributed by atoms with Gasteiger partial charge in [-0.1, -0.05) is 15.9 Å². The maximum absolute atomic E-state index is 9.65. The van der Waals surface area contributed by atoms with Crippen LogP contribution in [0.15, 0.2) is 28.7 Å². The molecule has 0 aliphatic carbocycles. The molecule has 1 saturated heterocycles. The van der Waals surface area contributed by atoms with Gasteiger partial charge in [0.15, 0.2) is 0 Å². The Morgan fingerprint density at radius 2 is 1.76 bits per heavy atom. The van der Waals surface area contributed by atoms with Crippen LogP contribution < -0.4 is 4.74 Å². The molecule has 0 unspecified atom stereocenters. The lowest BCUT2D eigenvalue weighted by atomic mass is 10.1. The Labute approximate surface area is 107 Å². The highest BCUT2D eigenvalue weighted by molar-refractivity contribution is 9.10. The number of ether oxygens (including phenoxy) is 2. The van der Waals surface area contributed by atoms with Crippen molar-refractivity contribution in [3.05, 3.63) is 28.7 Å². The Kier molecular flexibility index (Phi) is 4.01. The van der Waals surface area contributed by atoms with Gasteiger partial charge in [-0.15, -0.1) is 0 Å². The molecule has 6 heteroatoms. The average molecular weight is 305 g/mol. The Bertz CT molecular complexity index is 369. The quantitative estimate of drug-likeness (QED) is 0.731. The highest BCUT2D eigenvalue weighted by Crippen LogP contribution is 2.22. The van der Waals surface area contributed by atoms with Crippen LogP contribution in [-0.2, 0) is 4.74 Å². The molecule has 1 aromatic rings. The third kappa shape index (κ3) is 2.97. The molecule has 1 heterocycles. The second kappa shape index (κ2) is 5.32. The summed E-state index contributed by atoms with van der Waals surface area (Å²) in [7, 11) is 0. The number of halogens is 1. The molecule has 0 radical (unpaired) electrons. The van der Waals surface area contributed by atoms with Gasteiger partial charge in [-0.2, -0.15) is 0 Å². The van der Waals surface area contributed by atoms with E-state index < -0.39 is 24.6 Å². The predicted molar refractivity (Wildman–Crippen MR) is 62.5 cm³/mol. The molecule has 1 aliphatic rings. The van der Waals surface area contributed by atoms with Gasteiger partial charge in [0, 0.05) is 4.47 Å². The number of hydrogen-bond acceptors (Lipinski definition) is 5. The van der Waals surface area contributed by atoms with Crippen LogP contribution in [-0.4, -0.2) is 46.5 Å². The summed E-state index contributed by atoms with van der Waals surface area (Å²) in [5.41, 5.74) is 0. The molecule has 3 N–H and O–H groups in total. The number of aliphatic hydroxyl groups excluding tert-OH is 3. The van der Waals surface area contributed by atoms with E-state index in [2.05, 4.69) is 15.9 Å². The van der Waals surface area contributed by atoms with E-state index in [1.165, 1.54) is 0 Å². The smallest absolute Gasteiger partial charge is 0.228 e. The van der Waals surface area contributed by atoms with E-state index in [9.17, 15) is 15.3 Å². The fraction of sp³-hybridized carbons (Fsp3) is 0.455. The van der Waals surface area contributed by atoms with Gasteiger partial charge in [0.1, 0.15) is 24.1 Å². The van der Waals surface area contributed by atoms with Gasteiger partial charge in [0.2, 0.25) is 6.29 Å². The number of benzene rings is 1. The van der Waals surface area contributed by atoms with Crippen LogP contribution in [0.2, 0.25) is 0 Å². The number of rotatable bonds is 2. The molecule has 94 valence electrons. The Hall–Kier alpha value is -0.660. The first-order valence-electron chi connectivity index (χ1n) is 5.16. The molecule has 0 spiro atoms. The first kappa shape index (κ1) is 12.8. The lowest BCUT2D eigenvalue weighted by molar-refractivity contribution is -0.242. The normalized spacial score (nSPS) is 33.4. The summed E-state index contributed by atoms with van der Waals surface area (Å²) in [4.78, 5) is 0. The van der Waals surface area contributed by atoms with Crippen molar-refractivity contribution < 1.29 is 24.8 Å². The van der Waals surface area contributed by atoms with E-state index >= 15 is 0 Å². The molecular formula is C11H13BrO5.